The fourth-order valence-electron chi connectivity index (χ4n) is 2.44. The van der Waals surface area contributed by atoms with Crippen LogP contribution in [0.3, 0.4) is 0 Å². The van der Waals surface area contributed by atoms with Gasteiger partial charge in [-0.3, -0.25) is 4.79 Å². The standard InChI is InChI=1S/C16H23ClN4O4S/c1-12-4-5-13(10-14(12)17)18-16(23)21-8-6-20(7-9-21)15(22)11-19(2)26(3,24)25/h4-5,10H,6-9,11H2,1-3H3,(H,18,23). The zero-order valence-corrected chi connectivity index (χ0v) is 16.6. The summed E-state index contributed by atoms with van der Waals surface area (Å²) in [4.78, 5) is 27.7. The van der Waals surface area contributed by atoms with E-state index in [4.69, 9.17) is 11.6 Å². The van der Waals surface area contributed by atoms with Gasteiger partial charge >= 0.3 is 6.03 Å². The van der Waals surface area contributed by atoms with Gasteiger partial charge in [0.25, 0.3) is 0 Å². The lowest BCUT2D eigenvalue weighted by Gasteiger charge is -2.35. The molecule has 0 saturated carbocycles. The summed E-state index contributed by atoms with van der Waals surface area (Å²) in [5.74, 6) is -0.275. The van der Waals surface area contributed by atoms with Crippen LogP contribution in [0.25, 0.3) is 0 Å². The number of piperazine rings is 1. The Morgan fingerprint density at radius 2 is 1.77 bits per heavy atom. The monoisotopic (exact) mass is 402 g/mol. The minimum absolute atomic E-state index is 0.201. The summed E-state index contributed by atoms with van der Waals surface area (Å²) in [5.41, 5.74) is 1.54. The van der Waals surface area contributed by atoms with Crippen LogP contribution in [0.1, 0.15) is 5.56 Å². The Morgan fingerprint density at radius 1 is 1.19 bits per heavy atom. The highest BCUT2D eigenvalue weighted by molar-refractivity contribution is 7.88. The van der Waals surface area contributed by atoms with E-state index in [1.54, 1.807) is 21.9 Å². The number of likely N-dealkylation sites (N-methyl/N-ethyl adjacent to an activating group) is 1. The van der Waals surface area contributed by atoms with Crippen LogP contribution in [0.2, 0.25) is 5.02 Å². The van der Waals surface area contributed by atoms with Crippen molar-refractivity contribution in [3.8, 4) is 0 Å². The summed E-state index contributed by atoms with van der Waals surface area (Å²) < 4.78 is 23.8. The lowest BCUT2D eigenvalue weighted by molar-refractivity contribution is -0.132. The molecule has 1 aliphatic rings. The van der Waals surface area contributed by atoms with Crippen molar-refractivity contribution in [1.29, 1.82) is 0 Å². The Labute approximate surface area is 158 Å². The number of amides is 3. The van der Waals surface area contributed by atoms with E-state index in [0.717, 1.165) is 16.1 Å². The topological polar surface area (TPSA) is 90.0 Å². The Balaban J connectivity index is 1.86. The number of carbonyl (C=O) groups is 2. The van der Waals surface area contributed by atoms with Crippen LogP contribution in [0.15, 0.2) is 18.2 Å². The van der Waals surface area contributed by atoms with Crippen LogP contribution < -0.4 is 5.32 Å². The van der Waals surface area contributed by atoms with Gasteiger partial charge < -0.3 is 15.1 Å². The van der Waals surface area contributed by atoms with Crippen LogP contribution in [0.5, 0.6) is 0 Å². The van der Waals surface area contributed by atoms with Gasteiger partial charge in [0.1, 0.15) is 0 Å². The highest BCUT2D eigenvalue weighted by Crippen LogP contribution is 2.20. The van der Waals surface area contributed by atoms with Gasteiger partial charge in [-0.15, -0.1) is 0 Å². The average Bonchev–Trinajstić information content (AvgIpc) is 2.57. The molecule has 1 aliphatic heterocycles. The summed E-state index contributed by atoms with van der Waals surface area (Å²) in [6, 6.07) is 5.03. The Kier molecular flexibility index (Phi) is 6.48. The first-order valence-corrected chi connectivity index (χ1v) is 10.3. The summed E-state index contributed by atoms with van der Waals surface area (Å²) in [7, 11) is -2.04. The molecule has 0 bridgehead atoms. The van der Waals surface area contributed by atoms with Gasteiger partial charge in [-0.2, -0.15) is 4.31 Å². The highest BCUT2D eigenvalue weighted by Gasteiger charge is 2.26. The number of halogens is 1. The summed E-state index contributed by atoms with van der Waals surface area (Å²) in [6.07, 6.45) is 1.06. The van der Waals surface area contributed by atoms with Crippen molar-refractivity contribution in [2.45, 2.75) is 6.92 Å². The van der Waals surface area contributed by atoms with Crippen molar-refractivity contribution in [2.24, 2.45) is 0 Å². The Hall–Kier alpha value is -1.84. The molecule has 144 valence electrons. The quantitative estimate of drug-likeness (QED) is 0.819. The van der Waals surface area contributed by atoms with Crippen molar-refractivity contribution < 1.29 is 18.0 Å². The zero-order valence-electron chi connectivity index (χ0n) is 15.0. The maximum atomic E-state index is 12.3. The lowest BCUT2D eigenvalue weighted by atomic mass is 10.2. The molecule has 10 heteroatoms. The van der Waals surface area contributed by atoms with Crippen LogP contribution in [0, 0.1) is 6.92 Å². The molecule has 1 fully saturated rings. The molecule has 1 aromatic carbocycles. The third-order valence-corrected chi connectivity index (χ3v) is 5.94. The van der Waals surface area contributed by atoms with Gasteiger partial charge in [0.05, 0.1) is 12.8 Å². The number of rotatable bonds is 4. The van der Waals surface area contributed by atoms with Crippen molar-refractivity contribution in [2.75, 3.05) is 51.3 Å². The van der Waals surface area contributed by atoms with E-state index in [-0.39, 0.29) is 18.5 Å². The number of sulfonamides is 1. The first-order valence-electron chi connectivity index (χ1n) is 8.09. The van der Waals surface area contributed by atoms with Gasteiger partial charge in [0, 0.05) is 43.9 Å². The largest absolute Gasteiger partial charge is 0.338 e. The number of hydrogen-bond acceptors (Lipinski definition) is 4. The van der Waals surface area contributed by atoms with E-state index in [1.807, 2.05) is 13.0 Å². The predicted octanol–water partition coefficient (Wildman–Crippen LogP) is 1.22. The number of nitrogens with zero attached hydrogens (tertiary/aromatic N) is 3. The van der Waals surface area contributed by atoms with Gasteiger partial charge in [-0.05, 0) is 24.6 Å². The second-order valence-electron chi connectivity index (χ2n) is 6.28. The number of carbonyl (C=O) groups excluding carboxylic acids is 2. The number of benzene rings is 1. The Bertz CT molecular complexity index is 791. The summed E-state index contributed by atoms with van der Waals surface area (Å²) in [5, 5.41) is 3.36. The summed E-state index contributed by atoms with van der Waals surface area (Å²) >= 11 is 6.05. The third kappa shape index (κ3) is 5.33. The zero-order chi connectivity index (χ0) is 19.5. The molecule has 1 N–H and O–H groups in total. The van der Waals surface area contributed by atoms with Crippen LogP contribution in [0.4, 0.5) is 10.5 Å². The molecule has 0 atom stereocenters. The molecule has 0 radical (unpaired) electrons. The van der Waals surface area contributed by atoms with Crippen molar-refractivity contribution in [3.05, 3.63) is 28.8 Å². The highest BCUT2D eigenvalue weighted by atomic mass is 35.5. The smallest absolute Gasteiger partial charge is 0.321 e. The van der Waals surface area contributed by atoms with Gasteiger partial charge in [-0.25, -0.2) is 13.2 Å². The van der Waals surface area contributed by atoms with Crippen molar-refractivity contribution >= 4 is 39.2 Å². The second kappa shape index (κ2) is 8.24. The van der Waals surface area contributed by atoms with Crippen LogP contribution in [-0.2, 0) is 14.8 Å². The first-order chi connectivity index (χ1) is 12.1. The number of urea groups is 1. The van der Waals surface area contributed by atoms with Crippen LogP contribution in [-0.4, -0.2) is 80.5 Å². The molecular formula is C16H23ClN4O4S. The normalized spacial score (nSPS) is 15.3. The number of hydrogen-bond donors (Lipinski definition) is 1. The fraction of sp³-hybridized carbons (Fsp3) is 0.500. The number of anilines is 1. The van der Waals surface area contributed by atoms with Gasteiger partial charge in [0.15, 0.2) is 0 Å². The molecular weight excluding hydrogens is 380 g/mol. The molecule has 2 rings (SSSR count). The molecule has 8 nitrogen and oxygen atoms in total. The Morgan fingerprint density at radius 3 is 2.31 bits per heavy atom. The molecule has 0 spiro atoms. The average molecular weight is 403 g/mol. The third-order valence-electron chi connectivity index (χ3n) is 4.27. The molecule has 0 aliphatic carbocycles. The molecule has 1 saturated heterocycles. The van der Waals surface area contributed by atoms with Crippen LogP contribution >= 0.6 is 11.6 Å². The molecule has 3 amide bonds. The minimum Gasteiger partial charge on any atom is -0.338 e. The minimum atomic E-state index is -3.40. The molecule has 1 aromatic rings. The van der Waals surface area contributed by atoms with Crippen molar-refractivity contribution in [3.63, 3.8) is 0 Å². The molecule has 0 aromatic heterocycles. The van der Waals surface area contributed by atoms with Gasteiger partial charge in [0.2, 0.25) is 15.9 Å². The van der Waals surface area contributed by atoms with Gasteiger partial charge in [-0.1, -0.05) is 17.7 Å². The maximum Gasteiger partial charge on any atom is 0.321 e. The van der Waals surface area contributed by atoms with Crippen molar-refractivity contribution in [1.82, 2.24) is 14.1 Å². The second-order valence-corrected chi connectivity index (χ2v) is 8.78. The first kappa shape index (κ1) is 20.5. The predicted molar refractivity (Wildman–Crippen MR) is 101 cm³/mol. The van der Waals surface area contributed by atoms with E-state index in [2.05, 4.69) is 5.32 Å². The summed E-state index contributed by atoms with van der Waals surface area (Å²) in [6.45, 7) is 3.15. The van der Waals surface area contributed by atoms with E-state index < -0.39 is 10.0 Å². The number of aryl methyl sites for hydroxylation is 1. The molecule has 26 heavy (non-hydrogen) atoms. The molecule has 0 unspecified atom stereocenters. The maximum absolute atomic E-state index is 12.3. The SMILES string of the molecule is Cc1ccc(NC(=O)N2CCN(C(=O)CN(C)S(C)(=O)=O)CC2)cc1Cl. The van der Waals surface area contributed by atoms with E-state index >= 15 is 0 Å². The van der Waals surface area contributed by atoms with E-state index in [9.17, 15) is 18.0 Å². The number of nitrogens with one attached hydrogen (secondary N) is 1. The fourth-order valence-corrected chi connectivity index (χ4v) is 2.97. The molecule has 1 heterocycles. The van der Waals surface area contributed by atoms with E-state index in [1.165, 1.54) is 7.05 Å². The lowest BCUT2D eigenvalue weighted by Crippen LogP contribution is -2.53. The van der Waals surface area contributed by atoms with E-state index in [0.29, 0.717) is 36.9 Å².